The molecular formula is C13H15F3N2O. The number of aromatic nitrogens is 1. The van der Waals surface area contributed by atoms with Crippen molar-refractivity contribution in [3.63, 3.8) is 0 Å². The molecular weight excluding hydrogens is 257 g/mol. The van der Waals surface area contributed by atoms with Gasteiger partial charge in [-0.25, -0.2) is 4.98 Å². The fraction of sp³-hybridized carbons (Fsp3) is 0.462. The number of rotatable bonds is 2. The van der Waals surface area contributed by atoms with Gasteiger partial charge in [0.25, 0.3) is 0 Å². The lowest BCUT2D eigenvalue weighted by atomic mass is 10.1. The molecule has 0 saturated heterocycles. The molecule has 1 aromatic heterocycles. The van der Waals surface area contributed by atoms with Gasteiger partial charge >= 0.3 is 6.18 Å². The van der Waals surface area contributed by atoms with Crippen molar-refractivity contribution in [1.82, 2.24) is 4.98 Å². The van der Waals surface area contributed by atoms with Crippen LogP contribution in [0.1, 0.15) is 17.7 Å². The maximum absolute atomic E-state index is 12.5. The molecule has 1 N–H and O–H groups in total. The Balaban J connectivity index is 2.18. The number of halogens is 3. The van der Waals surface area contributed by atoms with Crippen LogP contribution in [0.5, 0.6) is 0 Å². The number of aliphatic hydroxyl groups is 1. The average molecular weight is 272 g/mol. The molecule has 0 aromatic carbocycles. The van der Waals surface area contributed by atoms with E-state index in [1.165, 1.54) is 6.08 Å². The van der Waals surface area contributed by atoms with E-state index in [0.29, 0.717) is 11.4 Å². The molecule has 0 bridgehead atoms. The standard InChI is InChI=1S/C13H15F3N2O/c1-9-6-10(8-19)7-12(17-9)18-4-2-11(3-5-18)13(14,15)16/h2,6-7,19H,3-5,8H2,1H3. The summed E-state index contributed by atoms with van der Waals surface area (Å²) in [4.78, 5) is 6.08. The Morgan fingerprint density at radius 1 is 1.37 bits per heavy atom. The zero-order valence-electron chi connectivity index (χ0n) is 10.5. The highest BCUT2D eigenvalue weighted by Crippen LogP contribution is 2.31. The molecule has 0 spiro atoms. The van der Waals surface area contributed by atoms with E-state index in [0.717, 1.165) is 5.69 Å². The molecule has 3 nitrogen and oxygen atoms in total. The van der Waals surface area contributed by atoms with Crippen LogP contribution in [0.15, 0.2) is 23.8 Å². The van der Waals surface area contributed by atoms with E-state index in [9.17, 15) is 13.2 Å². The predicted molar refractivity (Wildman–Crippen MR) is 65.9 cm³/mol. The molecule has 1 aliphatic rings. The minimum absolute atomic E-state index is 0.0341. The van der Waals surface area contributed by atoms with Crippen LogP contribution in [0.25, 0.3) is 0 Å². The number of hydrogen-bond acceptors (Lipinski definition) is 3. The Morgan fingerprint density at radius 2 is 2.11 bits per heavy atom. The predicted octanol–water partition coefficient (Wildman–Crippen LogP) is 2.58. The lowest BCUT2D eigenvalue weighted by Crippen LogP contribution is -2.32. The molecule has 6 heteroatoms. The van der Waals surface area contributed by atoms with Gasteiger partial charge in [0.1, 0.15) is 5.82 Å². The largest absolute Gasteiger partial charge is 0.412 e. The second-order valence-electron chi connectivity index (χ2n) is 4.56. The first-order chi connectivity index (χ1) is 8.90. The number of pyridine rings is 1. The number of aliphatic hydroxyl groups excluding tert-OH is 1. The topological polar surface area (TPSA) is 36.4 Å². The lowest BCUT2D eigenvalue weighted by Gasteiger charge is -2.28. The molecule has 0 aliphatic carbocycles. The summed E-state index contributed by atoms with van der Waals surface area (Å²) in [5, 5.41) is 9.13. The highest BCUT2D eigenvalue weighted by Gasteiger charge is 2.34. The molecule has 0 radical (unpaired) electrons. The highest BCUT2D eigenvalue weighted by molar-refractivity contribution is 5.45. The molecule has 2 rings (SSSR count). The Kier molecular flexibility index (Phi) is 3.80. The fourth-order valence-corrected chi connectivity index (χ4v) is 2.11. The van der Waals surface area contributed by atoms with Crippen LogP contribution in [0, 0.1) is 6.92 Å². The van der Waals surface area contributed by atoms with Crippen LogP contribution in [0.3, 0.4) is 0 Å². The molecule has 0 atom stereocenters. The third-order valence-corrected chi connectivity index (χ3v) is 3.08. The maximum atomic E-state index is 12.5. The first kappa shape index (κ1) is 13.9. The zero-order valence-corrected chi connectivity index (χ0v) is 10.5. The van der Waals surface area contributed by atoms with Crippen molar-refractivity contribution in [2.75, 3.05) is 18.0 Å². The van der Waals surface area contributed by atoms with Crippen molar-refractivity contribution >= 4 is 5.82 Å². The van der Waals surface area contributed by atoms with Gasteiger partial charge in [-0.1, -0.05) is 6.08 Å². The van der Waals surface area contributed by atoms with Gasteiger partial charge in [0.2, 0.25) is 0 Å². The summed E-state index contributed by atoms with van der Waals surface area (Å²) in [5.74, 6) is 0.613. The van der Waals surface area contributed by atoms with Crippen LogP contribution < -0.4 is 4.90 Å². The van der Waals surface area contributed by atoms with Gasteiger partial charge < -0.3 is 10.0 Å². The van der Waals surface area contributed by atoms with E-state index >= 15 is 0 Å². The summed E-state index contributed by atoms with van der Waals surface area (Å²) < 4.78 is 37.6. The fourth-order valence-electron chi connectivity index (χ4n) is 2.11. The van der Waals surface area contributed by atoms with Crippen molar-refractivity contribution in [2.45, 2.75) is 26.1 Å². The van der Waals surface area contributed by atoms with Gasteiger partial charge in [-0.05, 0) is 31.0 Å². The Hall–Kier alpha value is -1.56. The Bertz CT molecular complexity index is 497. The summed E-state index contributed by atoms with van der Waals surface area (Å²) >= 11 is 0. The molecule has 0 saturated carbocycles. The van der Waals surface area contributed by atoms with E-state index in [1.54, 1.807) is 24.0 Å². The van der Waals surface area contributed by atoms with Gasteiger partial charge in [-0.2, -0.15) is 13.2 Å². The Morgan fingerprint density at radius 3 is 2.63 bits per heavy atom. The molecule has 1 aromatic rings. The van der Waals surface area contributed by atoms with E-state index in [-0.39, 0.29) is 26.1 Å². The quantitative estimate of drug-likeness (QED) is 0.841. The monoisotopic (exact) mass is 272 g/mol. The summed E-state index contributed by atoms with van der Waals surface area (Å²) in [5.41, 5.74) is 0.985. The minimum Gasteiger partial charge on any atom is -0.392 e. The molecule has 0 unspecified atom stereocenters. The van der Waals surface area contributed by atoms with Gasteiger partial charge in [0.05, 0.1) is 6.61 Å². The lowest BCUT2D eigenvalue weighted by molar-refractivity contribution is -0.0944. The maximum Gasteiger partial charge on any atom is 0.412 e. The van der Waals surface area contributed by atoms with Gasteiger partial charge in [0.15, 0.2) is 0 Å². The third kappa shape index (κ3) is 3.26. The van der Waals surface area contributed by atoms with Crippen molar-refractivity contribution < 1.29 is 18.3 Å². The van der Waals surface area contributed by atoms with Gasteiger partial charge in [0, 0.05) is 24.4 Å². The zero-order chi connectivity index (χ0) is 14.0. The Labute approximate surface area is 109 Å². The normalized spacial score (nSPS) is 16.5. The minimum atomic E-state index is -4.23. The van der Waals surface area contributed by atoms with E-state index in [1.807, 2.05) is 0 Å². The van der Waals surface area contributed by atoms with E-state index in [4.69, 9.17) is 5.11 Å². The average Bonchev–Trinajstić information content (AvgIpc) is 2.37. The first-order valence-electron chi connectivity index (χ1n) is 6.00. The number of alkyl halides is 3. The number of nitrogens with zero attached hydrogens (tertiary/aromatic N) is 2. The third-order valence-electron chi connectivity index (χ3n) is 3.08. The van der Waals surface area contributed by atoms with Crippen LogP contribution in [-0.2, 0) is 6.61 Å². The van der Waals surface area contributed by atoms with Gasteiger partial charge in [-0.3, -0.25) is 0 Å². The highest BCUT2D eigenvalue weighted by atomic mass is 19.4. The summed E-state index contributed by atoms with van der Waals surface area (Å²) in [6, 6.07) is 3.46. The van der Waals surface area contributed by atoms with Crippen molar-refractivity contribution in [1.29, 1.82) is 0 Å². The summed E-state index contributed by atoms with van der Waals surface area (Å²) in [6.07, 6.45) is -3.07. The van der Waals surface area contributed by atoms with E-state index in [2.05, 4.69) is 4.98 Å². The first-order valence-corrected chi connectivity index (χ1v) is 6.00. The molecule has 0 amide bonds. The van der Waals surface area contributed by atoms with Crippen molar-refractivity contribution in [3.05, 3.63) is 35.0 Å². The molecule has 19 heavy (non-hydrogen) atoms. The summed E-state index contributed by atoms with van der Waals surface area (Å²) in [7, 11) is 0. The SMILES string of the molecule is Cc1cc(CO)cc(N2CC=C(C(F)(F)F)CC2)n1. The van der Waals surface area contributed by atoms with E-state index < -0.39 is 11.7 Å². The number of hydrogen-bond donors (Lipinski definition) is 1. The molecule has 1 aliphatic heterocycles. The number of anilines is 1. The molecule has 104 valence electrons. The van der Waals surface area contributed by atoms with Crippen LogP contribution in [0.4, 0.5) is 19.0 Å². The smallest absolute Gasteiger partial charge is 0.392 e. The second-order valence-corrected chi connectivity index (χ2v) is 4.56. The van der Waals surface area contributed by atoms with Crippen LogP contribution in [-0.4, -0.2) is 29.4 Å². The van der Waals surface area contributed by atoms with Crippen LogP contribution in [0.2, 0.25) is 0 Å². The summed E-state index contributed by atoms with van der Waals surface area (Å²) in [6.45, 7) is 2.17. The van der Waals surface area contributed by atoms with Gasteiger partial charge in [-0.15, -0.1) is 0 Å². The second kappa shape index (κ2) is 5.21. The van der Waals surface area contributed by atoms with Crippen LogP contribution >= 0.6 is 0 Å². The molecule has 2 heterocycles. The van der Waals surface area contributed by atoms with Crippen molar-refractivity contribution in [2.24, 2.45) is 0 Å². The van der Waals surface area contributed by atoms with Crippen molar-refractivity contribution in [3.8, 4) is 0 Å². The number of aryl methyl sites for hydroxylation is 1. The molecule has 0 fully saturated rings.